The highest BCUT2D eigenvalue weighted by molar-refractivity contribution is 6.03. The lowest BCUT2D eigenvalue weighted by Gasteiger charge is -2.31. The number of aldehydes is 1. The Morgan fingerprint density at radius 2 is 1.71 bits per heavy atom. The average Bonchev–Trinajstić information content (AvgIpc) is 3.01. The lowest BCUT2D eigenvalue weighted by molar-refractivity contribution is -0.757. The molecule has 2 aromatic carbocycles. The highest BCUT2D eigenvalue weighted by atomic mass is 16.9. The molecule has 14 nitrogen and oxygen atoms in total. The molecule has 4 N–H and O–H groups in total. The third-order valence-electron chi connectivity index (χ3n) is 6.89. The van der Waals surface area contributed by atoms with E-state index in [-0.39, 0.29) is 30.9 Å². The molecule has 0 heterocycles. The lowest BCUT2D eigenvalue weighted by atomic mass is 9.97. The summed E-state index contributed by atoms with van der Waals surface area (Å²) in [6.45, 7) is 7.56. The van der Waals surface area contributed by atoms with Crippen LogP contribution in [0.25, 0.3) is 11.1 Å². The molecule has 246 valence electrons. The summed E-state index contributed by atoms with van der Waals surface area (Å²) in [6.07, 6.45) is 1.55. The zero-order valence-electron chi connectivity index (χ0n) is 26.3. The molecule has 2 unspecified atom stereocenters. The van der Waals surface area contributed by atoms with Crippen molar-refractivity contribution in [1.82, 2.24) is 10.0 Å². The Balaban J connectivity index is 2.11. The molecule has 0 bridgehead atoms. The SMILES string of the molecule is CCCCC(=O)N(Cc1ccc(-c2ccccc2/C(N)=N/N(N)C(C)OC(=O)OCCCCO[N+](=O)[O-])cc1)C(C=O)C(C)C. The second-order valence-electron chi connectivity index (χ2n) is 10.7. The van der Waals surface area contributed by atoms with Crippen LogP contribution in [0.4, 0.5) is 4.79 Å². The van der Waals surface area contributed by atoms with Gasteiger partial charge in [-0.3, -0.25) is 4.79 Å². The maximum atomic E-state index is 13.0. The van der Waals surface area contributed by atoms with Crippen LogP contribution in [0, 0.1) is 16.0 Å². The maximum absolute atomic E-state index is 13.0. The summed E-state index contributed by atoms with van der Waals surface area (Å²) in [4.78, 5) is 52.8. The van der Waals surface area contributed by atoms with E-state index in [0.717, 1.165) is 40.9 Å². The van der Waals surface area contributed by atoms with Gasteiger partial charge in [-0.15, -0.1) is 15.2 Å². The molecule has 0 fully saturated rings. The molecule has 0 aliphatic rings. The van der Waals surface area contributed by atoms with Crippen molar-refractivity contribution in [3.63, 3.8) is 0 Å². The number of hydrazine groups is 1. The molecule has 2 aromatic rings. The first-order chi connectivity index (χ1) is 21.5. The molecule has 0 aliphatic carbocycles. The summed E-state index contributed by atoms with van der Waals surface area (Å²) in [6, 6.07) is 14.4. The predicted octanol–water partition coefficient (Wildman–Crippen LogP) is 4.38. The summed E-state index contributed by atoms with van der Waals surface area (Å²) in [5, 5.41) is 14.3. The van der Waals surface area contributed by atoms with Gasteiger partial charge >= 0.3 is 6.16 Å². The summed E-state index contributed by atoms with van der Waals surface area (Å²) in [7, 11) is 0. The summed E-state index contributed by atoms with van der Waals surface area (Å²) >= 11 is 0. The van der Waals surface area contributed by atoms with Gasteiger partial charge in [0, 0.05) is 18.5 Å². The Morgan fingerprint density at radius 3 is 2.33 bits per heavy atom. The standard InChI is InChI=1S/C31H44N6O8/c1-5-6-13-29(39)35(28(21-38)22(2)3)20-24-14-16-25(17-15-24)26-11-7-8-12-27(26)30(32)34-36(33)23(4)45-31(40)43-18-9-10-19-44-37(41)42/h7-8,11-12,14-17,21-23,28H,5-6,9-10,13,18-20,33H2,1-4H3,(H2,32,34). The van der Waals surface area contributed by atoms with E-state index in [1.807, 2.05) is 57.2 Å². The van der Waals surface area contributed by atoms with Crippen LogP contribution in [0.5, 0.6) is 0 Å². The van der Waals surface area contributed by atoms with Gasteiger partial charge in [0.1, 0.15) is 6.29 Å². The lowest BCUT2D eigenvalue weighted by Crippen LogP contribution is -2.43. The number of unbranched alkanes of at least 4 members (excludes halogenated alkanes) is 2. The number of hydrogen-bond acceptors (Lipinski definition) is 11. The zero-order chi connectivity index (χ0) is 33.4. The largest absolute Gasteiger partial charge is 0.510 e. The van der Waals surface area contributed by atoms with Crippen LogP contribution < -0.4 is 11.6 Å². The van der Waals surface area contributed by atoms with Crippen molar-refractivity contribution in [2.45, 2.75) is 78.6 Å². The molecule has 0 saturated heterocycles. The van der Waals surface area contributed by atoms with E-state index in [1.165, 1.54) is 6.92 Å². The zero-order valence-corrected chi connectivity index (χ0v) is 26.3. The predicted molar refractivity (Wildman–Crippen MR) is 167 cm³/mol. The fraction of sp³-hybridized carbons (Fsp3) is 0.484. The number of nitrogens with zero attached hydrogens (tertiary/aromatic N) is 4. The number of ether oxygens (including phenoxy) is 2. The molecule has 1 amide bonds. The minimum atomic E-state index is -1.02. The maximum Gasteiger partial charge on any atom is 0.510 e. The van der Waals surface area contributed by atoms with Crippen LogP contribution in [0.1, 0.15) is 70.9 Å². The molecular weight excluding hydrogens is 584 g/mol. The number of hydrogen-bond donors (Lipinski definition) is 2. The van der Waals surface area contributed by atoms with Gasteiger partial charge in [0.15, 0.2) is 5.84 Å². The number of hydrazone groups is 1. The summed E-state index contributed by atoms with van der Waals surface area (Å²) in [5.41, 5.74) is 9.40. The van der Waals surface area contributed by atoms with Crippen molar-refractivity contribution in [3.8, 4) is 11.1 Å². The molecule has 2 atom stereocenters. The average molecular weight is 629 g/mol. The molecule has 0 aromatic heterocycles. The molecule has 45 heavy (non-hydrogen) atoms. The summed E-state index contributed by atoms with van der Waals surface area (Å²) < 4.78 is 10.1. The van der Waals surface area contributed by atoms with Gasteiger partial charge in [-0.05, 0) is 48.8 Å². The van der Waals surface area contributed by atoms with Gasteiger partial charge in [0.05, 0.1) is 19.3 Å². The number of amides is 1. The van der Waals surface area contributed by atoms with Gasteiger partial charge < -0.3 is 29.7 Å². The van der Waals surface area contributed by atoms with Crippen LogP contribution in [0.15, 0.2) is 53.6 Å². The number of nitrogens with two attached hydrogens (primary N) is 2. The summed E-state index contributed by atoms with van der Waals surface area (Å²) in [5.74, 6) is 6.00. The van der Waals surface area contributed by atoms with Crippen LogP contribution in [-0.4, -0.2) is 64.8 Å². The Bertz CT molecular complexity index is 1290. The topological polar surface area (TPSA) is 193 Å². The van der Waals surface area contributed by atoms with Crippen molar-refractivity contribution in [2.75, 3.05) is 13.2 Å². The van der Waals surface area contributed by atoms with Gasteiger partial charge in [-0.25, -0.2) is 10.6 Å². The van der Waals surface area contributed by atoms with Gasteiger partial charge in [-0.2, -0.15) is 5.12 Å². The second-order valence-corrected chi connectivity index (χ2v) is 10.7. The van der Waals surface area contributed by atoms with E-state index in [2.05, 4.69) is 9.94 Å². The smallest absolute Gasteiger partial charge is 0.434 e. The minimum absolute atomic E-state index is 0.0165. The number of rotatable bonds is 19. The third kappa shape index (κ3) is 12.1. The van der Waals surface area contributed by atoms with Crippen molar-refractivity contribution < 1.29 is 33.8 Å². The van der Waals surface area contributed by atoms with Crippen LogP contribution in [0.3, 0.4) is 0 Å². The third-order valence-corrected chi connectivity index (χ3v) is 6.89. The van der Waals surface area contributed by atoms with Crippen LogP contribution in [-0.2, 0) is 30.4 Å². The van der Waals surface area contributed by atoms with E-state index in [0.29, 0.717) is 31.4 Å². The molecule has 0 radical (unpaired) electrons. The van der Waals surface area contributed by atoms with E-state index >= 15 is 0 Å². The van der Waals surface area contributed by atoms with Gasteiger partial charge in [-0.1, -0.05) is 75.7 Å². The van der Waals surface area contributed by atoms with Crippen LogP contribution >= 0.6 is 0 Å². The Hall–Kier alpha value is -4.72. The van der Waals surface area contributed by atoms with Crippen LogP contribution in [0.2, 0.25) is 0 Å². The van der Waals surface area contributed by atoms with Crippen molar-refractivity contribution in [1.29, 1.82) is 0 Å². The normalized spacial score (nSPS) is 12.6. The van der Waals surface area contributed by atoms with E-state index < -0.39 is 23.5 Å². The fourth-order valence-corrected chi connectivity index (χ4v) is 4.35. The fourth-order valence-electron chi connectivity index (χ4n) is 4.35. The molecule has 0 saturated carbocycles. The second kappa shape index (κ2) is 18.8. The Kier molecular flexibility index (Phi) is 15.3. The van der Waals surface area contributed by atoms with Crippen molar-refractivity contribution in [3.05, 3.63) is 69.8 Å². The molecular formula is C31H44N6O8. The monoisotopic (exact) mass is 628 g/mol. The number of benzene rings is 2. The number of amidine groups is 1. The van der Waals surface area contributed by atoms with Gasteiger partial charge in [0.25, 0.3) is 5.09 Å². The minimum Gasteiger partial charge on any atom is -0.434 e. The first-order valence-electron chi connectivity index (χ1n) is 14.9. The number of carbonyl (C=O) groups excluding carboxylic acids is 3. The van der Waals surface area contributed by atoms with E-state index in [1.54, 1.807) is 17.0 Å². The quantitative estimate of drug-likeness (QED) is 0.0258. The Morgan fingerprint density at radius 1 is 1.04 bits per heavy atom. The highest BCUT2D eigenvalue weighted by Crippen LogP contribution is 2.25. The molecule has 14 heteroatoms. The van der Waals surface area contributed by atoms with E-state index in [4.69, 9.17) is 21.1 Å². The Labute approximate surface area is 263 Å². The number of carbonyl (C=O) groups is 3. The molecule has 0 spiro atoms. The van der Waals surface area contributed by atoms with Crippen molar-refractivity contribution >= 4 is 24.2 Å². The first-order valence-corrected chi connectivity index (χ1v) is 14.9. The molecule has 0 aliphatic heterocycles. The van der Waals surface area contributed by atoms with Gasteiger partial charge in [0.2, 0.25) is 12.1 Å². The highest BCUT2D eigenvalue weighted by Gasteiger charge is 2.26. The van der Waals surface area contributed by atoms with Crippen molar-refractivity contribution in [2.24, 2.45) is 22.6 Å². The van der Waals surface area contributed by atoms with E-state index in [9.17, 15) is 24.5 Å². The first kappa shape index (κ1) is 36.5. The molecule has 2 rings (SSSR count).